The smallest absolute Gasteiger partial charge is 0.151 e. The third-order valence-corrected chi connectivity index (χ3v) is 5.58. The number of fused-ring (bicyclic) bond motifs is 3. The van der Waals surface area contributed by atoms with E-state index in [-0.39, 0.29) is 6.04 Å². The Kier molecular flexibility index (Phi) is 5.00. The van der Waals surface area contributed by atoms with Gasteiger partial charge in [0.1, 0.15) is 17.2 Å². The van der Waals surface area contributed by atoms with Crippen LogP contribution in [0, 0.1) is 6.92 Å². The minimum Gasteiger partial charge on any atom is -0.482 e. The Bertz CT molecular complexity index is 1010. The van der Waals surface area contributed by atoms with E-state index in [0.717, 1.165) is 34.1 Å². The van der Waals surface area contributed by atoms with E-state index in [0.29, 0.717) is 17.3 Å². The first kappa shape index (κ1) is 19.1. The lowest BCUT2D eigenvalue weighted by Gasteiger charge is -2.42. The van der Waals surface area contributed by atoms with Gasteiger partial charge in [0.15, 0.2) is 5.75 Å². The van der Waals surface area contributed by atoms with Crippen molar-refractivity contribution in [1.82, 2.24) is 15.3 Å². The Morgan fingerprint density at radius 1 is 1.29 bits per heavy atom. The number of aryl methyl sites for hydroxylation is 1. The van der Waals surface area contributed by atoms with E-state index < -0.39 is 11.7 Å². The fourth-order valence-electron chi connectivity index (χ4n) is 3.75. The van der Waals surface area contributed by atoms with Crippen molar-refractivity contribution in [2.75, 3.05) is 6.54 Å². The quantitative estimate of drug-likeness (QED) is 0.696. The number of pyridine rings is 2. The van der Waals surface area contributed by atoms with Crippen LogP contribution in [0.25, 0.3) is 10.9 Å². The summed E-state index contributed by atoms with van der Waals surface area (Å²) in [4.78, 5) is 8.83. The van der Waals surface area contributed by atoms with Crippen LogP contribution in [0.1, 0.15) is 36.7 Å². The highest BCUT2D eigenvalue weighted by molar-refractivity contribution is 6.35. The van der Waals surface area contributed by atoms with Crippen molar-refractivity contribution in [3.05, 3.63) is 64.6 Å². The number of aliphatic hydroxyl groups excluding tert-OH is 1. The van der Waals surface area contributed by atoms with Crippen molar-refractivity contribution in [3.63, 3.8) is 0 Å². The van der Waals surface area contributed by atoms with Gasteiger partial charge in [-0.05, 0) is 51.4 Å². The predicted octanol–water partition coefficient (Wildman–Crippen LogP) is 4.00. The van der Waals surface area contributed by atoms with Crippen LogP contribution in [0.15, 0.2) is 42.7 Å². The lowest BCUT2D eigenvalue weighted by atomic mass is 9.85. The molecule has 3 heterocycles. The summed E-state index contributed by atoms with van der Waals surface area (Å²) >= 11 is 6.43. The third kappa shape index (κ3) is 3.46. The van der Waals surface area contributed by atoms with Crippen LogP contribution in [0.5, 0.6) is 5.75 Å². The molecule has 5 nitrogen and oxygen atoms in total. The summed E-state index contributed by atoms with van der Waals surface area (Å²) < 4.78 is 6.23. The molecule has 28 heavy (non-hydrogen) atoms. The first-order chi connectivity index (χ1) is 13.4. The summed E-state index contributed by atoms with van der Waals surface area (Å²) in [5.74, 6) is 0.692. The molecule has 0 saturated carbocycles. The molecule has 6 heteroatoms. The first-order valence-electron chi connectivity index (χ1n) is 9.46. The monoisotopic (exact) mass is 397 g/mol. The Morgan fingerprint density at radius 2 is 2.11 bits per heavy atom. The Labute approximate surface area is 169 Å². The van der Waals surface area contributed by atoms with Crippen LogP contribution in [-0.2, 0) is 6.42 Å². The SMILES string of the molecule is Cc1cc(Cl)c2ccc3c(c2n1)OC(C)(C)C(O)C3NCCc1cccnc1. The van der Waals surface area contributed by atoms with Gasteiger partial charge < -0.3 is 15.2 Å². The molecule has 0 saturated heterocycles. The van der Waals surface area contributed by atoms with E-state index in [4.69, 9.17) is 16.3 Å². The van der Waals surface area contributed by atoms with Gasteiger partial charge in [-0.1, -0.05) is 29.8 Å². The van der Waals surface area contributed by atoms with Gasteiger partial charge in [-0.2, -0.15) is 0 Å². The number of benzene rings is 1. The highest BCUT2D eigenvalue weighted by Crippen LogP contribution is 2.44. The average molecular weight is 398 g/mol. The molecule has 0 amide bonds. The molecule has 1 aliphatic heterocycles. The number of hydrogen-bond acceptors (Lipinski definition) is 5. The van der Waals surface area contributed by atoms with Gasteiger partial charge >= 0.3 is 0 Å². The van der Waals surface area contributed by atoms with Crippen LogP contribution in [0.2, 0.25) is 5.02 Å². The number of aliphatic hydroxyl groups is 1. The number of nitrogens with zero attached hydrogens (tertiary/aromatic N) is 2. The number of rotatable bonds is 4. The first-order valence-corrected chi connectivity index (χ1v) is 9.84. The maximum atomic E-state index is 11.0. The molecular formula is C22H24ClN3O2. The number of nitrogens with one attached hydrogen (secondary N) is 1. The largest absolute Gasteiger partial charge is 0.482 e. The van der Waals surface area contributed by atoms with E-state index >= 15 is 0 Å². The summed E-state index contributed by atoms with van der Waals surface area (Å²) in [7, 11) is 0. The summed E-state index contributed by atoms with van der Waals surface area (Å²) in [6, 6.07) is 9.49. The molecule has 0 radical (unpaired) electrons. The van der Waals surface area contributed by atoms with Gasteiger partial charge in [-0.25, -0.2) is 4.98 Å². The maximum Gasteiger partial charge on any atom is 0.151 e. The Balaban J connectivity index is 1.70. The fraction of sp³-hybridized carbons (Fsp3) is 0.364. The van der Waals surface area contributed by atoms with Crippen molar-refractivity contribution >= 4 is 22.5 Å². The zero-order chi connectivity index (χ0) is 19.9. The topological polar surface area (TPSA) is 67.3 Å². The molecule has 4 rings (SSSR count). The number of aromatic nitrogens is 2. The van der Waals surface area contributed by atoms with Crippen molar-refractivity contribution in [2.45, 2.75) is 44.9 Å². The fourth-order valence-corrected chi connectivity index (χ4v) is 4.06. The van der Waals surface area contributed by atoms with Crippen LogP contribution in [0.3, 0.4) is 0 Å². The second-order valence-corrected chi connectivity index (χ2v) is 8.23. The van der Waals surface area contributed by atoms with Crippen LogP contribution in [-0.4, -0.2) is 33.3 Å². The van der Waals surface area contributed by atoms with E-state index in [1.807, 2.05) is 51.2 Å². The van der Waals surface area contributed by atoms with Gasteiger partial charge in [-0.15, -0.1) is 0 Å². The van der Waals surface area contributed by atoms with Gasteiger partial charge in [0.2, 0.25) is 0 Å². The van der Waals surface area contributed by atoms with Gasteiger partial charge in [0.05, 0.1) is 11.1 Å². The normalized spacial score (nSPS) is 20.6. The molecule has 0 fully saturated rings. The van der Waals surface area contributed by atoms with Crippen molar-refractivity contribution in [1.29, 1.82) is 0 Å². The van der Waals surface area contributed by atoms with E-state index in [9.17, 15) is 5.11 Å². The molecule has 3 aromatic rings. The van der Waals surface area contributed by atoms with Crippen LogP contribution in [0.4, 0.5) is 0 Å². The van der Waals surface area contributed by atoms with Gasteiger partial charge in [-0.3, -0.25) is 4.98 Å². The summed E-state index contributed by atoms with van der Waals surface area (Å²) in [6.45, 7) is 6.42. The zero-order valence-electron chi connectivity index (χ0n) is 16.2. The number of hydrogen-bond donors (Lipinski definition) is 2. The molecule has 0 bridgehead atoms. The third-order valence-electron chi connectivity index (χ3n) is 5.27. The maximum absolute atomic E-state index is 11.0. The number of ether oxygens (including phenoxy) is 1. The molecule has 0 aliphatic carbocycles. The van der Waals surface area contributed by atoms with E-state index in [1.54, 1.807) is 6.20 Å². The molecule has 2 aromatic heterocycles. The minimum atomic E-state index is -0.759. The Morgan fingerprint density at radius 3 is 2.86 bits per heavy atom. The molecule has 1 aliphatic rings. The van der Waals surface area contributed by atoms with Crippen LogP contribution < -0.4 is 10.1 Å². The van der Waals surface area contributed by atoms with Gasteiger partial charge in [0, 0.05) is 29.0 Å². The zero-order valence-corrected chi connectivity index (χ0v) is 17.0. The van der Waals surface area contributed by atoms with Crippen molar-refractivity contribution < 1.29 is 9.84 Å². The van der Waals surface area contributed by atoms with Crippen LogP contribution >= 0.6 is 11.6 Å². The molecule has 2 unspecified atom stereocenters. The lowest BCUT2D eigenvalue weighted by Crippen LogP contribution is -2.52. The molecular weight excluding hydrogens is 374 g/mol. The van der Waals surface area contributed by atoms with Crippen molar-refractivity contribution in [3.8, 4) is 5.75 Å². The highest BCUT2D eigenvalue weighted by atomic mass is 35.5. The average Bonchev–Trinajstić information content (AvgIpc) is 2.65. The summed E-state index contributed by atoms with van der Waals surface area (Å²) in [5, 5.41) is 16.0. The molecule has 0 spiro atoms. The van der Waals surface area contributed by atoms with E-state index in [2.05, 4.69) is 21.4 Å². The summed E-state index contributed by atoms with van der Waals surface area (Å²) in [6.07, 6.45) is 3.75. The number of halogens is 1. The predicted molar refractivity (Wildman–Crippen MR) is 111 cm³/mol. The molecule has 146 valence electrons. The van der Waals surface area contributed by atoms with Gasteiger partial charge in [0.25, 0.3) is 0 Å². The molecule has 2 N–H and O–H groups in total. The second kappa shape index (κ2) is 7.32. The standard InChI is InChI=1S/C22H24ClN3O2/c1-13-11-17(23)15-6-7-16-19(25-10-8-14-5-4-9-24-12-14)21(27)22(2,3)28-20(16)18(15)26-13/h4-7,9,11-12,19,21,25,27H,8,10H2,1-3H3. The van der Waals surface area contributed by atoms with Crippen molar-refractivity contribution in [2.24, 2.45) is 0 Å². The molecule has 1 aromatic carbocycles. The lowest BCUT2D eigenvalue weighted by molar-refractivity contribution is -0.0634. The highest BCUT2D eigenvalue weighted by Gasteiger charge is 2.43. The van der Waals surface area contributed by atoms with E-state index in [1.165, 1.54) is 0 Å². The minimum absolute atomic E-state index is 0.263. The second-order valence-electron chi connectivity index (χ2n) is 7.82. The molecule has 2 atom stereocenters. The Hall–Kier alpha value is -2.21. The summed E-state index contributed by atoms with van der Waals surface area (Å²) in [5.41, 5.74) is 2.87.